The van der Waals surface area contributed by atoms with Crippen molar-refractivity contribution < 1.29 is 9.59 Å². The molecular weight excluding hydrogens is 290 g/mol. The molecule has 1 heterocycles. The van der Waals surface area contributed by atoms with E-state index in [0.29, 0.717) is 35.9 Å². The first-order valence-corrected chi connectivity index (χ1v) is 7.03. The SMILES string of the molecule is C#CCNCC(=O)Nc1ccc(N2CCCC2=O)c(Cl)c1. The molecule has 1 aromatic rings. The Morgan fingerprint density at radius 1 is 1.48 bits per heavy atom. The van der Waals surface area contributed by atoms with Crippen molar-refractivity contribution in [2.75, 3.05) is 29.9 Å². The summed E-state index contributed by atoms with van der Waals surface area (Å²) in [5.74, 6) is 2.26. The lowest BCUT2D eigenvalue weighted by Crippen LogP contribution is -2.28. The number of rotatable bonds is 5. The first-order chi connectivity index (χ1) is 10.1. The molecule has 1 fully saturated rings. The van der Waals surface area contributed by atoms with E-state index < -0.39 is 0 Å². The molecule has 0 bridgehead atoms. The molecule has 0 spiro atoms. The van der Waals surface area contributed by atoms with E-state index >= 15 is 0 Å². The summed E-state index contributed by atoms with van der Waals surface area (Å²) in [7, 11) is 0. The number of anilines is 2. The highest BCUT2D eigenvalue weighted by atomic mass is 35.5. The minimum atomic E-state index is -0.202. The van der Waals surface area contributed by atoms with Crippen LogP contribution in [0.1, 0.15) is 12.8 Å². The summed E-state index contributed by atoms with van der Waals surface area (Å²) in [6.45, 7) is 1.15. The van der Waals surface area contributed by atoms with Crippen LogP contribution in [-0.2, 0) is 9.59 Å². The highest BCUT2D eigenvalue weighted by molar-refractivity contribution is 6.34. The lowest BCUT2D eigenvalue weighted by atomic mass is 10.2. The van der Waals surface area contributed by atoms with E-state index in [1.54, 1.807) is 23.1 Å². The smallest absolute Gasteiger partial charge is 0.238 e. The molecule has 2 N–H and O–H groups in total. The van der Waals surface area contributed by atoms with Crippen molar-refractivity contribution in [2.24, 2.45) is 0 Å². The van der Waals surface area contributed by atoms with Crippen LogP contribution in [0.4, 0.5) is 11.4 Å². The number of nitrogens with zero attached hydrogens (tertiary/aromatic N) is 1. The van der Waals surface area contributed by atoms with E-state index in [0.717, 1.165) is 6.42 Å². The van der Waals surface area contributed by atoms with Crippen molar-refractivity contribution >= 4 is 34.8 Å². The molecule has 1 aliphatic heterocycles. The fraction of sp³-hybridized carbons (Fsp3) is 0.333. The van der Waals surface area contributed by atoms with Crippen molar-refractivity contribution in [1.29, 1.82) is 0 Å². The van der Waals surface area contributed by atoms with E-state index in [4.69, 9.17) is 18.0 Å². The van der Waals surface area contributed by atoms with Gasteiger partial charge in [0.25, 0.3) is 0 Å². The van der Waals surface area contributed by atoms with Gasteiger partial charge in [-0.15, -0.1) is 6.42 Å². The van der Waals surface area contributed by atoms with Crippen LogP contribution in [0.15, 0.2) is 18.2 Å². The van der Waals surface area contributed by atoms with Crippen LogP contribution in [0.2, 0.25) is 5.02 Å². The minimum absolute atomic E-state index is 0.0761. The van der Waals surface area contributed by atoms with Gasteiger partial charge in [0.2, 0.25) is 11.8 Å². The Hall–Kier alpha value is -2.03. The summed E-state index contributed by atoms with van der Waals surface area (Å²) in [6.07, 6.45) is 6.47. The van der Waals surface area contributed by atoms with Gasteiger partial charge in [-0.2, -0.15) is 0 Å². The Bertz CT molecular complexity index is 595. The highest BCUT2D eigenvalue weighted by Gasteiger charge is 2.23. The van der Waals surface area contributed by atoms with Gasteiger partial charge in [-0.25, -0.2) is 0 Å². The van der Waals surface area contributed by atoms with Crippen molar-refractivity contribution in [1.82, 2.24) is 5.32 Å². The molecule has 0 aliphatic carbocycles. The second-order valence-corrected chi connectivity index (χ2v) is 5.08. The summed E-state index contributed by atoms with van der Waals surface area (Å²) in [5.41, 5.74) is 1.27. The summed E-state index contributed by atoms with van der Waals surface area (Å²) in [4.78, 5) is 25.0. The van der Waals surface area contributed by atoms with E-state index in [1.807, 2.05) is 0 Å². The largest absolute Gasteiger partial charge is 0.325 e. The molecule has 1 aromatic carbocycles. The predicted octanol–water partition coefficient (Wildman–Crippen LogP) is 1.63. The van der Waals surface area contributed by atoms with Crippen molar-refractivity contribution in [3.63, 3.8) is 0 Å². The number of hydrogen-bond acceptors (Lipinski definition) is 3. The molecule has 0 aromatic heterocycles. The number of carbonyl (C=O) groups is 2. The van der Waals surface area contributed by atoms with Gasteiger partial charge in [0.1, 0.15) is 0 Å². The maximum Gasteiger partial charge on any atom is 0.238 e. The zero-order valence-corrected chi connectivity index (χ0v) is 12.2. The van der Waals surface area contributed by atoms with Crippen molar-refractivity contribution in [2.45, 2.75) is 12.8 Å². The molecular formula is C15H16ClN3O2. The third kappa shape index (κ3) is 3.97. The number of amides is 2. The fourth-order valence-corrected chi connectivity index (χ4v) is 2.44. The van der Waals surface area contributed by atoms with Crippen LogP contribution < -0.4 is 15.5 Å². The fourth-order valence-electron chi connectivity index (χ4n) is 2.16. The number of carbonyl (C=O) groups excluding carboxylic acids is 2. The first-order valence-electron chi connectivity index (χ1n) is 6.66. The number of terminal acetylenes is 1. The summed E-state index contributed by atoms with van der Waals surface area (Å²) < 4.78 is 0. The molecule has 21 heavy (non-hydrogen) atoms. The first kappa shape index (κ1) is 15.4. The molecule has 1 aliphatic rings. The lowest BCUT2D eigenvalue weighted by molar-refractivity contribution is -0.117. The molecule has 0 unspecified atom stereocenters. The maximum absolute atomic E-state index is 11.7. The zero-order valence-electron chi connectivity index (χ0n) is 11.5. The van der Waals surface area contributed by atoms with Gasteiger partial charge in [-0.05, 0) is 24.6 Å². The number of hydrogen-bond donors (Lipinski definition) is 2. The summed E-state index contributed by atoms with van der Waals surface area (Å²) in [5, 5.41) is 5.95. The Morgan fingerprint density at radius 3 is 2.90 bits per heavy atom. The molecule has 1 saturated heterocycles. The molecule has 110 valence electrons. The van der Waals surface area contributed by atoms with Gasteiger partial charge in [-0.1, -0.05) is 17.5 Å². The van der Waals surface area contributed by atoms with Crippen molar-refractivity contribution in [3.05, 3.63) is 23.2 Å². The summed E-state index contributed by atoms with van der Waals surface area (Å²) >= 11 is 6.20. The molecule has 2 amide bonds. The second kappa shape index (κ2) is 7.11. The van der Waals surface area contributed by atoms with E-state index in [9.17, 15) is 9.59 Å². The Labute approximate surface area is 128 Å². The second-order valence-electron chi connectivity index (χ2n) is 4.67. The molecule has 0 saturated carbocycles. The van der Waals surface area contributed by atoms with Crippen LogP contribution in [0.25, 0.3) is 0 Å². The van der Waals surface area contributed by atoms with Gasteiger partial charge in [0.05, 0.1) is 23.8 Å². The van der Waals surface area contributed by atoms with E-state index in [-0.39, 0.29) is 18.4 Å². The standard InChI is InChI=1S/C15H16ClN3O2/c1-2-7-17-10-14(20)18-11-5-6-13(12(16)9-11)19-8-3-4-15(19)21/h1,5-6,9,17H,3-4,7-8,10H2,(H,18,20). The van der Waals surface area contributed by atoms with Crippen LogP contribution in [0.5, 0.6) is 0 Å². The normalized spacial score (nSPS) is 14.1. The average molecular weight is 306 g/mol. The van der Waals surface area contributed by atoms with E-state index in [1.165, 1.54) is 0 Å². The van der Waals surface area contributed by atoms with Gasteiger partial charge < -0.3 is 10.2 Å². The molecule has 0 radical (unpaired) electrons. The van der Waals surface area contributed by atoms with E-state index in [2.05, 4.69) is 16.6 Å². The Kier molecular flexibility index (Phi) is 5.20. The van der Waals surface area contributed by atoms with Gasteiger partial charge in [-0.3, -0.25) is 14.9 Å². The number of halogens is 1. The lowest BCUT2D eigenvalue weighted by Gasteiger charge is -2.18. The van der Waals surface area contributed by atoms with Crippen LogP contribution in [0, 0.1) is 12.3 Å². The number of nitrogens with one attached hydrogen (secondary N) is 2. The third-order valence-electron chi connectivity index (χ3n) is 3.11. The number of benzene rings is 1. The topological polar surface area (TPSA) is 61.4 Å². The van der Waals surface area contributed by atoms with Crippen molar-refractivity contribution in [3.8, 4) is 12.3 Å². The Morgan fingerprint density at radius 2 is 2.29 bits per heavy atom. The zero-order chi connectivity index (χ0) is 15.2. The molecule has 6 heteroatoms. The quantitative estimate of drug-likeness (QED) is 0.642. The monoisotopic (exact) mass is 305 g/mol. The predicted molar refractivity (Wildman–Crippen MR) is 83.4 cm³/mol. The summed E-state index contributed by atoms with van der Waals surface area (Å²) in [6, 6.07) is 5.11. The molecule has 0 atom stereocenters. The van der Waals surface area contributed by atoms with Gasteiger partial charge >= 0.3 is 0 Å². The van der Waals surface area contributed by atoms with Crippen LogP contribution >= 0.6 is 11.6 Å². The maximum atomic E-state index is 11.7. The molecule has 2 rings (SSSR count). The third-order valence-corrected chi connectivity index (χ3v) is 3.41. The molecule has 5 nitrogen and oxygen atoms in total. The van der Waals surface area contributed by atoms with Crippen LogP contribution in [-0.4, -0.2) is 31.4 Å². The average Bonchev–Trinajstić information content (AvgIpc) is 2.85. The highest BCUT2D eigenvalue weighted by Crippen LogP contribution is 2.31. The van der Waals surface area contributed by atoms with Gasteiger partial charge in [0, 0.05) is 18.7 Å². The van der Waals surface area contributed by atoms with Crippen LogP contribution in [0.3, 0.4) is 0 Å². The minimum Gasteiger partial charge on any atom is -0.325 e. The Balaban J connectivity index is 2.00. The van der Waals surface area contributed by atoms with Gasteiger partial charge in [0.15, 0.2) is 0 Å².